The topological polar surface area (TPSA) is 89.0 Å². The molecular formula is C20H23N3O4. The van der Waals surface area contributed by atoms with Gasteiger partial charge in [-0.3, -0.25) is 0 Å². The minimum atomic E-state index is -0.432. The second-order valence-electron chi connectivity index (χ2n) is 6.09. The van der Waals surface area contributed by atoms with Crippen molar-refractivity contribution in [2.75, 3.05) is 11.9 Å². The van der Waals surface area contributed by atoms with Gasteiger partial charge in [0.05, 0.1) is 12.3 Å². The molecular weight excluding hydrogens is 346 g/mol. The van der Waals surface area contributed by atoms with Gasteiger partial charge in [-0.1, -0.05) is 17.7 Å². The molecule has 2 N–H and O–H groups in total. The second kappa shape index (κ2) is 9.96. The Morgan fingerprint density at radius 1 is 1.07 bits per heavy atom. The monoisotopic (exact) mass is 369 g/mol. The number of aryl methyl sites for hydroxylation is 1. The van der Waals surface area contributed by atoms with Crippen molar-refractivity contribution in [3.63, 3.8) is 0 Å². The van der Waals surface area contributed by atoms with E-state index >= 15 is 0 Å². The first-order valence-electron chi connectivity index (χ1n) is 8.51. The van der Waals surface area contributed by atoms with Gasteiger partial charge >= 0.3 is 12.0 Å². The summed E-state index contributed by atoms with van der Waals surface area (Å²) in [7, 11) is 0. The fourth-order valence-corrected chi connectivity index (χ4v) is 2.05. The molecule has 0 spiro atoms. The van der Waals surface area contributed by atoms with Gasteiger partial charge in [0.25, 0.3) is 0 Å². The Morgan fingerprint density at radius 3 is 2.37 bits per heavy atom. The summed E-state index contributed by atoms with van der Waals surface area (Å²) in [5.41, 5.74) is 4.96. The summed E-state index contributed by atoms with van der Waals surface area (Å²) in [5.74, 6) is 0.123. The van der Waals surface area contributed by atoms with E-state index in [1.807, 2.05) is 31.2 Å². The number of ether oxygens (including phenoxy) is 2. The maximum absolute atomic E-state index is 11.8. The normalized spacial score (nSPS) is 10.7. The average molecular weight is 369 g/mol. The highest BCUT2D eigenvalue weighted by Crippen LogP contribution is 2.11. The van der Waals surface area contributed by atoms with E-state index in [4.69, 9.17) is 9.47 Å². The number of nitrogens with one attached hydrogen (secondary N) is 2. The zero-order chi connectivity index (χ0) is 19.6. The van der Waals surface area contributed by atoms with Gasteiger partial charge in [-0.15, -0.1) is 0 Å². The molecule has 0 unspecified atom stereocenters. The summed E-state index contributed by atoms with van der Waals surface area (Å²) in [6.45, 7) is 5.39. The van der Waals surface area contributed by atoms with Crippen LogP contribution in [0.3, 0.4) is 0 Å². The van der Waals surface area contributed by atoms with Gasteiger partial charge in [0, 0.05) is 5.69 Å². The third-order valence-electron chi connectivity index (χ3n) is 3.29. The molecule has 2 rings (SSSR count). The summed E-state index contributed by atoms with van der Waals surface area (Å²) < 4.78 is 10.3. The highest BCUT2D eigenvalue weighted by Gasteiger charge is 2.06. The number of nitrogens with zero attached hydrogens (tertiary/aromatic N) is 1. The zero-order valence-electron chi connectivity index (χ0n) is 15.6. The van der Waals surface area contributed by atoms with Gasteiger partial charge in [0.2, 0.25) is 0 Å². The molecule has 7 heteroatoms. The molecule has 0 radical (unpaired) electrons. The number of hydrogen-bond acceptors (Lipinski definition) is 5. The van der Waals surface area contributed by atoms with Crippen LogP contribution in [0.1, 0.15) is 25.0 Å². The van der Waals surface area contributed by atoms with Crippen molar-refractivity contribution in [1.82, 2.24) is 5.43 Å². The lowest BCUT2D eigenvalue weighted by Gasteiger charge is -2.09. The molecule has 142 valence electrons. The summed E-state index contributed by atoms with van der Waals surface area (Å²) in [6, 6.07) is 13.9. The van der Waals surface area contributed by atoms with Gasteiger partial charge in [-0.2, -0.15) is 5.10 Å². The van der Waals surface area contributed by atoms with Crippen molar-refractivity contribution < 1.29 is 19.1 Å². The predicted octanol–water partition coefficient (Wildman–Crippen LogP) is 3.48. The van der Waals surface area contributed by atoms with Crippen LogP contribution in [0.15, 0.2) is 53.6 Å². The van der Waals surface area contributed by atoms with E-state index in [0.717, 1.165) is 11.1 Å². The first-order valence-corrected chi connectivity index (χ1v) is 8.51. The lowest BCUT2D eigenvalue weighted by atomic mass is 10.2. The van der Waals surface area contributed by atoms with Gasteiger partial charge in [-0.05, 0) is 62.7 Å². The molecule has 0 bridgehead atoms. The van der Waals surface area contributed by atoms with Gasteiger partial charge in [0.1, 0.15) is 5.75 Å². The minimum absolute atomic E-state index is 0.146. The fourth-order valence-electron chi connectivity index (χ4n) is 2.05. The standard InChI is InChI=1S/C20H23N3O4/c1-14(2)27-19(24)13-26-18-10-6-16(7-11-18)12-21-23-20(25)22-17-8-4-15(3)5-9-17/h4-12,14H,13H2,1-3H3,(H2,22,23,25)/b21-12+. The maximum atomic E-state index is 11.8. The highest BCUT2D eigenvalue weighted by atomic mass is 16.6. The quantitative estimate of drug-likeness (QED) is 0.444. The summed E-state index contributed by atoms with van der Waals surface area (Å²) >= 11 is 0. The van der Waals surface area contributed by atoms with E-state index in [9.17, 15) is 9.59 Å². The van der Waals surface area contributed by atoms with Crippen LogP contribution in [0.2, 0.25) is 0 Å². The van der Waals surface area contributed by atoms with Crippen LogP contribution in [0.4, 0.5) is 10.5 Å². The second-order valence-corrected chi connectivity index (χ2v) is 6.09. The Labute approximate surface area is 158 Å². The number of benzene rings is 2. The van der Waals surface area contributed by atoms with E-state index in [1.165, 1.54) is 6.21 Å². The van der Waals surface area contributed by atoms with Crippen LogP contribution >= 0.6 is 0 Å². The molecule has 0 heterocycles. The number of esters is 1. The molecule has 0 aliphatic rings. The molecule has 27 heavy (non-hydrogen) atoms. The van der Waals surface area contributed by atoms with Crippen molar-refractivity contribution in [3.8, 4) is 5.75 Å². The van der Waals surface area contributed by atoms with Gasteiger partial charge < -0.3 is 14.8 Å². The molecule has 2 amide bonds. The van der Waals surface area contributed by atoms with Crippen LogP contribution in [-0.4, -0.2) is 30.9 Å². The number of urea groups is 1. The van der Waals surface area contributed by atoms with E-state index < -0.39 is 12.0 Å². The molecule has 0 aliphatic carbocycles. The molecule has 7 nitrogen and oxygen atoms in total. The number of hydrogen-bond donors (Lipinski definition) is 2. The van der Waals surface area contributed by atoms with Crippen LogP contribution in [0, 0.1) is 6.92 Å². The van der Waals surface area contributed by atoms with Crippen LogP contribution < -0.4 is 15.5 Å². The predicted molar refractivity (Wildman–Crippen MR) is 104 cm³/mol. The summed E-state index contributed by atoms with van der Waals surface area (Å²) in [5, 5.41) is 6.57. The molecule has 0 saturated carbocycles. The maximum Gasteiger partial charge on any atom is 0.344 e. The third kappa shape index (κ3) is 7.60. The smallest absolute Gasteiger partial charge is 0.344 e. The van der Waals surface area contributed by atoms with Crippen LogP contribution in [0.5, 0.6) is 5.75 Å². The number of rotatable bonds is 7. The van der Waals surface area contributed by atoms with Crippen LogP contribution in [-0.2, 0) is 9.53 Å². The Bertz CT molecular complexity index is 784. The van der Waals surface area contributed by atoms with Crippen molar-refractivity contribution in [2.45, 2.75) is 26.9 Å². The molecule has 0 aliphatic heterocycles. The number of carbonyl (C=O) groups is 2. The van der Waals surface area contributed by atoms with Gasteiger partial charge in [-0.25, -0.2) is 15.0 Å². The molecule has 0 saturated heterocycles. The average Bonchev–Trinajstić information content (AvgIpc) is 2.62. The minimum Gasteiger partial charge on any atom is -0.482 e. The first-order chi connectivity index (χ1) is 12.9. The number of amides is 2. The van der Waals surface area contributed by atoms with Gasteiger partial charge in [0.15, 0.2) is 6.61 Å². The molecule has 2 aromatic rings. The number of carbonyl (C=O) groups excluding carboxylic acids is 2. The molecule has 0 aromatic heterocycles. The lowest BCUT2D eigenvalue weighted by molar-refractivity contribution is -0.149. The Hall–Kier alpha value is -3.35. The number of hydrazone groups is 1. The van der Waals surface area contributed by atoms with E-state index in [0.29, 0.717) is 11.4 Å². The Kier molecular flexibility index (Phi) is 7.37. The molecule has 0 atom stereocenters. The van der Waals surface area contributed by atoms with E-state index in [1.54, 1.807) is 38.1 Å². The van der Waals surface area contributed by atoms with Crippen molar-refractivity contribution in [2.24, 2.45) is 5.10 Å². The summed E-state index contributed by atoms with van der Waals surface area (Å²) in [4.78, 5) is 23.2. The third-order valence-corrected chi connectivity index (χ3v) is 3.29. The van der Waals surface area contributed by atoms with Crippen molar-refractivity contribution in [3.05, 3.63) is 59.7 Å². The zero-order valence-corrected chi connectivity index (χ0v) is 15.6. The first kappa shape index (κ1) is 20.0. The van der Waals surface area contributed by atoms with E-state index in [2.05, 4.69) is 15.8 Å². The lowest BCUT2D eigenvalue weighted by Crippen LogP contribution is -2.24. The van der Waals surface area contributed by atoms with Crippen molar-refractivity contribution >= 4 is 23.9 Å². The molecule has 2 aromatic carbocycles. The van der Waals surface area contributed by atoms with Crippen LogP contribution in [0.25, 0.3) is 0 Å². The highest BCUT2D eigenvalue weighted by molar-refractivity contribution is 5.90. The SMILES string of the molecule is Cc1ccc(NC(=O)N/N=C/c2ccc(OCC(=O)OC(C)C)cc2)cc1. The van der Waals surface area contributed by atoms with E-state index in [-0.39, 0.29) is 12.7 Å². The summed E-state index contributed by atoms with van der Waals surface area (Å²) in [6.07, 6.45) is 1.33. The number of anilines is 1. The Morgan fingerprint density at radius 2 is 1.74 bits per heavy atom. The molecule has 0 fully saturated rings. The Balaban J connectivity index is 1.77. The fraction of sp³-hybridized carbons (Fsp3) is 0.250. The largest absolute Gasteiger partial charge is 0.482 e. The van der Waals surface area contributed by atoms with Crippen molar-refractivity contribution in [1.29, 1.82) is 0 Å².